The van der Waals surface area contributed by atoms with Crippen molar-refractivity contribution in [1.29, 1.82) is 5.26 Å². The standard InChI is InChI=1S/C15H26N4O2/c1-2-3-6-18-15(20)14(12-16)13-17-5-4-7-19-8-10-21-11-9-19/h13,17H,2-11H2,1H3,(H,18,20)/b14-13-. The van der Waals surface area contributed by atoms with Gasteiger partial charge < -0.3 is 15.4 Å². The van der Waals surface area contributed by atoms with E-state index in [1.54, 1.807) is 0 Å². The number of hydrogen-bond acceptors (Lipinski definition) is 5. The lowest BCUT2D eigenvalue weighted by molar-refractivity contribution is -0.117. The Morgan fingerprint density at radius 1 is 1.33 bits per heavy atom. The minimum Gasteiger partial charge on any atom is -0.390 e. The van der Waals surface area contributed by atoms with Gasteiger partial charge in [-0.25, -0.2) is 0 Å². The summed E-state index contributed by atoms with van der Waals surface area (Å²) in [5.74, 6) is -0.299. The van der Waals surface area contributed by atoms with Crippen LogP contribution in [0.15, 0.2) is 11.8 Å². The maximum Gasteiger partial charge on any atom is 0.263 e. The first kappa shape index (κ1) is 17.5. The Morgan fingerprint density at radius 3 is 2.76 bits per heavy atom. The number of nitrogens with one attached hydrogen (secondary N) is 2. The van der Waals surface area contributed by atoms with Crippen LogP contribution >= 0.6 is 0 Å². The summed E-state index contributed by atoms with van der Waals surface area (Å²) in [5, 5.41) is 14.8. The van der Waals surface area contributed by atoms with Gasteiger partial charge in [0, 0.05) is 32.4 Å². The van der Waals surface area contributed by atoms with Gasteiger partial charge in [0.1, 0.15) is 11.6 Å². The molecule has 0 aromatic carbocycles. The summed E-state index contributed by atoms with van der Waals surface area (Å²) >= 11 is 0. The molecule has 6 heteroatoms. The summed E-state index contributed by atoms with van der Waals surface area (Å²) < 4.78 is 5.29. The van der Waals surface area contributed by atoms with Crippen LogP contribution in [0.3, 0.4) is 0 Å². The van der Waals surface area contributed by atoms with Crippen LogP contribution in [0.5, 0.6) is 0 Å². The van der Waals surface area contributed by atoms with E-state index in [0.717, 1.165) is 58.7 Å². The lowest BCUT2D eigenvalue weighted by Crippen LogP contribution is -2.37. The number of unbranched alkanes of at least 4 members (excludes halogenated alkanes) is 1. The molecule has 0 saturated carbocycles. The summed E-state index contributed by atoms with van der Waals surface area (Å²) in [5.41, 5.74) is 0.137. The monoisotopic (exact) mass is 294 g/mol. The molecule has 0 radical (unpaired) electrons. The molecule has 1 saturated heterocycles. The molecular weight excluding hydrogens is 268 g/mol. The smallest absolute Gasteiger partial charge is 0.263 e. The van der Waals surface area contributed by atoms with Gasteiger partial charge >= 0.3 is 0 Å². The maximum atomic E-state index is 11.7. The maximum absolute atomic E-state index is 11.7. The molecule has 0 aromatic rings. The van der Waals surface area contributed by atoms with E-state index in [-0.39, 0.29) is 11.5 Å². The van der Waals surface area contributed by atoms with Crippen molar-refractivity contribution < 1.29 is 9.53 Å². The van der Waals surface area contributed by atoms with E-state index < -0.39 is 0 Å². The number of nitrogens with zero attached hydrogens (tertiary/aromatic N) is 2. The molecule has 1 aliphatic heterocycles. The molecule has 0 unspecified atom stereocenters. The number of carbonyl (C=O) groups excluding carboxylic acids is 1. The molecule has 1 fully saturated rings. The Kier molecular flexibility index (Phi) is 9.25. The van der Waals surface area contributed by atoms with Crippen molar-refractivity contribution in [2.24, 2.45) is 0 Å². The normalized spacial score (nSPS) is 16.3. The SMILES string of the molecule is CCCCNC(=O)/C(C#N)=C\NCCCN1CCOCC1. The summed E-state index contributed by atoms with van der Waals surface area (Å²) in [6.45, 7) is 8.03. The van der Waals surface area contributed by atoms with Gasteiger partial charge in [0.2, 0.25) is 0 Å². The van der Waals surface area contributed by atoms with E-state index in [1.807, 2.05) is 6.07 Å². The van der Waals surface area contributed by atoms with Crippen LogP contribution in [0.2, 0.25) is 0 Å². The van der Waals surface area contributed by atoms with E-state index in [4.69, 9.17) is 10.00 Å². The number of nitriles is 1. The number of rotatable bonds is 9. The van der Waals surface area contributed by atoms with E-state index in [1.165, 1.54) is 6.20 Å². The highest BCUT2D eigenvalue weighted by atomic mass is 16.5. The number of amides is 1. The fourth-order valence-corrected chi connectivity index (χ4v) is 2.03. The third-order valence-corrected chi connectivity index (χ3v) is 3.33. The third kappa shape index (κ3) is 7.69. The summed E-state index contributed by atoms with van der Waals surface area (Å²) in [7, 11) is 0. The summed E-state index contributed by atoms with van der Waals surface area (Å²) in [4.78, 5) is 14.1. The highest BCUT2D eigenvalue weighted by Gasteiger charge is 2.09. The van der Waals surface area contributed by atoms with Crippen LogP contribution in [0.1, 0.15) is 26.2 Å². The van der Waals surface area contributed by atoms with Gasteiger partial charge in [-0.05, 0) is 19.4 Å². The summed E-state index contributed by atoms with van der Waals surface area (Å²) in [6.07, 6.45) is 4.44. The number of hydrogen-bond donors (Lipinski definition) is 2. The molecule has 0 bridgehead atoms. The van der Waals surface area contributed by atoms with Crippen LogP contribution in [0.4, 0.5) is 0 Å². The molecule has 0 spiro atoms. The lowest BCUT2D eigenvalue weighted by Gasteiger charge is -2.26. The van der Waals surface area contributed by atoms with Crippen LogP contribution in [-0.4, -0.2) is 56.7 Å². The average molecular weight is 294 g/mol. The van der Waals surface area contributed by atoms with Gasteiger partial charge in [0.15, 0.2) is 0 Å². The predicted molar refractivity (Wildman–Crippen MR) is 81.5 cm³/mol. The molecule has 118 valence electrons. The zero-order valence-electron chi connectivity index (χ0n) is 12.9. The molecule has 6 nitrogen and oxygen atoms in total. The predicted octanol–water partition coefficient (Wildman–Crippen LogP) is 0.622. The van der Waals surface area contributed by atoms with Crippen LogP contribution < -0.4 is 10.6 Å². The first-order valence-electron chi connectivity index (χ1n) is 7.70. The molecule has 1 aliphatic rings. The second-order valence-corrected chi connectivity index (χ2v) is 5.04. The highest BCUT2D eigenvalue weighted by molar-refractivity contribution is 5.97. The van der Waals surface area contributed by atoms with E-state index in [2.05, 4.69) is 22.5 Å². The second kappa shape index (κ2) is 11.1. The van der Waals surface area contributed by atoms with Crippen molar-refractivity contribution in [3.8, 4) is 6.07 Å². The first-order chi connectivity index (χ1) is 10.3. The Labute approximate surface area is 127 Å². The highest BCUT2D eigenvalue weighted by Crippen LogP contribution is 1.97. The van der Waals surface area contributed by atoms with Crippen LogP contribution in [0.25, 0.3) is 0 Å². The van der Waals surface area contributed by atoms with Gasteiger partial charge in [-0.2, -0.15) is 5.26 Å². The Morgan fingerprint density at radius 2 is 2.10 bits per heavy atom. The van der Waals surface area contributed by atoms with Gasteiger partial charge in [0.25, 0.3) is 5.91 Å². The Balaban J connectivity index is 2.16. The number of carbonyl (C=O) groups is 1. The van der Waals surface area contributed by atoms with E-state index in [9.17, 15) is 4.79 Å². The minimum atomic E-state index is -0.299. The van der Waals surface area contributed by atoms with Gasteiger partial charge in [-0.1, -0.05) is 13.3 Å². The van der Waals surface area contributed by atoms with Gasteiger partial charge in [-0.15, -0.1) is 0 Å². The van der Waals surface area contributed by atoms with Crippen LogP contribution in [-0.2, 0) is 9.53 Å². The first-order valence-corrected chi connectivity index (χ1v) is 7.70. The molecule has 21 heavy (non-hydrogen) atoms. The van der Waals surface area contributed by atoms with Crippen molar-refractivity contribution in [2.75, 3.05) is 45.9 Å². The molecule has 1 rings (SSSR count). The molecule has 1 amide bonds. The summed E-state index contributed by atoms with van der Waals surface area (Å²) in [6, 6.07) is 1.93. The van der Waals surface area contributed by atoms with E-state index in [0.29, 0.717) is 6.54 Å². The fraction of sp³-hybridized carbons (Fsp3) is 0.733. The number of ether oxygens (including phenoxy) is 1. The molecule has 0 atom stereocenters. The van der Waals surface area contributed by atoms with Gasteiger partial charge in [0.05, 0.1) is 13.2 Å². The van der Waals surface area contributed by atoms with Crippen molar-refractivity contribution >= 4 is 5.91 Å². The van der Waals surface area contributed by atoms with Crippen molar-refractivity contribution in [2.45, 2.75) is 26.2 Å². The van der Waals surface area contributed by atoms with Crippen molar-refractivity contribution in [3.05, 3.63) is 11.8 Å². The van der Waals surface area contributed by atoms with Crippen molar-refractivity contribution in [3.63, 3.8) is 0 Å². The van der Waals surface area contributed by atoms with Crippen LogP contribution in [0, 0.1) is 11.3 Å². The second-order valence-electron chi connectivity index (χ2n) is 5.04. The Bertz CT molecular complexity index is 370. The molecule has 0 aliphatic carbocycles. The third-order valence-electron chi connectivity index (χ3n) is 3.33. The van der Waals surface area contributed by atoms with E-state index >= 15 is 0 Å². The molecule has 2 N–H and O–H groups in total. The largest absolute Gasteiger partial charge is 0.390 e. The zero-order chi connectivity index (χ0) is 15.3. The minimum absolute atomic E-state index is 0.137. The lowest BCUT2D eigenvalue weighted by atomic mass is 10.2. The molecule has 0 aromatic heterocycles. The quantitative estimate of drug-likeness (QED) is 0.370. The fourth-order valence-electron chi connectivity index (χ4n) is 2.03. The Hall–Kier alpha value is -1.58. The average Bonchev–Trinajstić information content (AvgIpc) is 2.52. The number of morpholine rings is 1. The topological polar surface area (TPSA) is 77.4 Å². The van der Waals surface area contributed by atoms with Crippen molar-refractivity contribution in [1.82, 2.24) is 15.5 Å². The zero-order valence-corrected chi connectivity index (χ0v) is 12.9. The molecule has 1 heterocycles. The van der Waals surface area contributed by atoms with Gasteiger partial charge in [-0.3, -0.25) is 9.69 Å². The molecular formula is C15H26N4O2.